The highest BCUT2D eigenvalue weighted by Gasteiger charge is 2.18. The Bertz CT molecular complexity index is 462. The first-order valence-corrected chi connectivity index (χ1v) is 7.37. The summed E-state index contributed by atoms with van der Waals surface area (Å²) in [6, 6.07) is 3.70. The summed E-state index contributed by atoms with van der Waals surface area (Å²) in [7, 11) is 1.41. The van der Waals surface area contributed by atoms with Crippen molar-refractivity contribution in [1.82, 2.24) is 0 Å². The molecule has 0 saturated heterocycles. The van der Waals surface area contributed by atoms with Crippen LogP contribution in [0.15, 0.2) is 12.1 Å². The van der Waals surface area contributed by atoms with Crippen molar-refractivity contribution < 1.29 is 9.53 Å². The third-order valence-electron chi connectivity index (χ3n) is 4.12. The van der Waals surface area contributed by atoms with Gasteiger partial charge in [0.05, 0.1) is 12.7 Å². The van der Waals surface area contributed by atoms with E-state index in [1.165, 1.54) is 44.8 Å². The van der Waals surface area contributed by atoms with Gasteiger partial charge in [0.25, 0.3) is 0 Å². The minimum atomic E-state index is -0.301. The monoisotopic (exact) mass is 280 g/mol. The summed E-state index contributed by atoms with van der Waals surface area (Å²) >= 11 is 6.13. The molecule has 1 aromatic rings. The molecule has 104 valence electrons. The molecule has 0 spiro atoms. The van der Waals surface area contributed by atoms with Crippen molar-refractivity contribution in [2.75, 3.05) is 7.11 Å². The molecule has 0 bridgehead atoms. The zero-order valence-electron chi connectivity index (χ0n) is 11.7. The number of carbonyl (C=O) groups is 1. The highest BCUT2D eigenvalue weighted by molar-refractivity contribution is 6.31. The molecule has 0 heterocycles. The number of halogens is 1. The standard InChI is InChI=1S/C16H21ClO2/c1-11-13(8-12-6-4-3-5-7-12)9-14(17)10-15(11)16(18)19-2/h9-10,12H,3-8H2,1-2H3. The Hall–Kier alpha value is -1.02. The first kappa shape index (κ1) is 14.4. The summed E-state index contributed by atoms with van der Waals surface area (Å²) < 4.78 is 4.82. The molecule has 2 rings (SSSR count). The largest absolute Gasteiger partial charge is 0.465 e. The highest BCUT2D eigenvalue weighted by atomic mass is 35.5. The van der Waals surface area contributed by atoms with Crippen LogP contribution in [0.25, 0.3) is 0 Å². The molecule has 3 heteroatoms. The van der Waals surface area contributed by atoms with Crippen molar-refractivity contribution in [2.45, 2.75) is 45.4 Å². The Kier molecular flexibility index (Phi) is 4.87. The molecule has 19 heavy (non-hydrogen) atoms. The predicted octanol–water partition coefficient (Wildman–Crippen LogP) is 4.56. The lowest BCUT2D eigenvalue weighted by Gasteiger charge is -2.23. The number of benzene rings is 1. The molecule has 0 radical (unpaired) electrons. The quantitative estimate of drug-likeness (QED) is 0.759. The number of esters is 1. The first-order valence-electron chi connectivity index (χ1n) is 6.99. The molecular weight excluding hydrogens is 260 g/mol. The van der Waals surface area contributed by atoms with Gasteiger partial charge in [-0.15, -0.1) is 0 Å². The number of carbonyl (C=O) groups excluding carboxylic acids is 1. The summed E-state index contributed by atoms with van der Waals surface area (Å²) in [5, 5.41) is 0.622. The second-order valence-corrected chi connectivity index (χ2v) is 5.87. The second kappa shape index (κ2) is 6.42. The van der Waals surface area contributed by atoms with Gasteiger partial charge in [0.1, 0.15) is 0 Å². The Balaban J connectivity index is 2.24. The average Bonchev–Trinajstić information content (AvgIpc) is 2.42. The van der Waals surface area contributed by atoms with Gasteiger partial charge >= 0.3 is 5.97 Å². The van der Waals surface area contributed by atoms with Crippen molar-refractivity contribution in [2.24, 2.45) is 5.92 Å². The molecule has 1 aliphatic carbocycles. The average molecular weight is 281 g/mol. The van der Waals surface area contributed by atoms with Gasteiger partial charge in [0.2, 0.25) is 0 Å². The van der Waals surface area contributed by atoms with Crippen LogP contribution >= 0.6 is 11.6 Å². The number of hydrogen-bond acceptors (Lipinski definition) is 2. The molecular formula is C16H21ClO2. The minimum Gasteiger partial charge on any atom is -0.465 e. The molecule has 0 aromatic heterocycles. The van der Waals surface area contributed by atoms with Crippen LogP contribution in [0, 0.1) is 12.8 Å². The van der Waals surface area contributed by atoms with E-state index in [2.05, 4.69) is 0 Å². The van der Waals surface area contributed by atoms with Crippen molar-refractivity contribution >= 4 is 17.6 Å². The molecule has 1 aliphatic rings. The molecule has 1 fully saturated rings. The summed E-state index contributed by atoms with van der Waals surface area (Å²) in [5.74, 6) is 0.432. The summed E-state index contributed by atoms with van der Waals surface area (Å²) in [5.41, 5.74) is 2.81. The Morgan fingerprint density at radius 1 is 1.32 bits per heavy atom. The SMILES string of the molecule is COC(=O)c1cc(Cl)cc(CC2CCCCC2)c1C. The number of ether oxygens (including phenoxy) is 1. The van der Waals surface area contributed by atoms with Gasteiger partial charge in [-0.3, -0.25) is 0 Å². The fourth-order valence-electron chi connectivity index (χ4n) is 2.97. The van der Waals surface area contributed by atoms with Crippen LogP contribution < -0.4 is 0 Å². The second-order valence-electron chi connectivity index (χ2n) is 5.44. The van der Waals surface area contributed by atoms with Gasteiger partial charge in [-0.2, -0.15) is 0 Å². The van der Waals surface area contributed by atoms with Gasteiger partial charge < -0.3 is 4.74 Å². The number of hydrogen-bond donors (Lipinski definition) is 0. The van der Waals surface area contributed by atoms with E-state index in [0.717, 1.165) is 17.9 Å². The number of rotatable bonds is 3. The smallest absolute Gasteiger partial charge is 0.338 e. The van der Waals surface area contributed by atoms with Crippen LogP contribution in [0.2, 0.25) is 5.02 Å². The highest BCUT2D eigenvalue weighted by Crippen LogP contribution is 2.30. The molecule has 0 unspecified atom stereocenters. The van der Waals surface area contributed by atoms with E-state index in [4.69, 9.17) is 16.3 Å². The van der Waals surface area contributed by atoms with Crippen LogP contribution in [0.5, 0.6) is 0 Å². The van der Waals surface area contributed by atoms with Crippen molar-refractivity contribution in [3.8, 4) is 0 Å². The summed E-state index contributed by atoms with van der Waals surface area (Å²) in [6.45, 7) is 1.99. The van der Waals surface area contributed by atoms with E-state index < -0.39 is 0 Å². The molecule has 1 saturated carbocycles. The third-order valence-corrected chi connectivity index (χ3v) is 4.34. The van der Waals surface area contributed by atoms with E-state index in [-0.39, 0.29) is 5.97 Å². The van der Waals surface area contributed by atoms with Crippen molar-refractivity contribution in [1.29, 1.82) is 0 Å². The van der Waals surface area contributed by atoms with Crippen LogP contribution in [0.1, 0.15) is 53.6 Å². The van der Waals surface area contributed by atoms with Gasteiger partial charge in [-0.1, -0.05) is 43.7 Å². The van der Waals surface area contributed by atoms with Crippen LogP contribution in [-0.4, -0.2) is 13.1 Å². The maximum atomic E-state index is 11.8. The molecule has 2 nitrogen and oxygen atoms in total. The van der Waals surface area contributed by atoms with E-state index in [1.807, 2.05) is 13.0 Å². The fourth-order valence-corrected chi connectivity index (χ4v) is 3.21. The van der Waals surface area contributed by atoms with Crippen molar-refractivity contribution in [3.05, 3.63) is 33.8 Å². The van der Waals surface area contributed by atoms with Crippen LogP contribution in [0.4, 0.5) is 0 Å². The lowest BCUT2D eigenvalue weighted by atomic mass is 9.83. The van der Waals surface area contributed by atoms with E-state index in [9.17, 15) is 4.79 Å². The first-order chi connectivity index (χ1) is 9.11. The lowest BCUT2D eigenvalue weighted by Crippen LogP contribution is -2.12. The molecule has 0 atom stereocenters. The zero-order valence-corrected chi connectivity index (χ0v) is 12.4. The topological polar surface area (TPSA) is 26.3 Å². The van der Waals surface area contributed by atoms with Gasteiger partial charge in [-0.05, 0) is 42.5 Å². The maximum Gasteiger partial charge on any atom is 0.338 e. The van der Waals surface area contributed by atoms with E-state index in [0.29, 0.717) is 10.6 Å². The molecule has 0 N–H and O–H groups in total. The summed E-state index contributed by atoms with van der Waals surface area (Å²) in [4.78, 5) is 11.8. The molecule has 0 aliphatic heterocycles. The van der Waals surface area contributed by atoms with Gasteiger partial charge in [-0.25, -0.2) is 4.79 Å². The molecule has 1 aromatic carbocycles. The van der Waals surface area contributed by atoms with Gasteiger partial charge in [0.15, 0.2) is 0 Å². The zero-order chi connectivity index (χ0) is 13.8. The lowest BCUT2D eigenvalue weighted by molar-refractivity contribution is 0.0599. The van der Waals surface area contributed by atoms with Crippen LogP contribution in [0.3, 0.4) is 0 Å². The Morgan fingerprint density at radius 2 is 2.00 bits per heavy atom. The summed E-state index contributed by atoms with van der Waals surface area (Å²) in [6.07, 6.45) is 7.62. The predicted molar refractivity (Wildman–Crippen MR) is 77.8 cm³/mol. The van der Waals surface area contributed by atoms with E-state index >= 15 is 0 Å². The number of methoxy groups -OCH3 is 1. The van der Waals surface area contributed by atoms with E-state index in [1.54, 1.807) is 6.07 Å². The van der Waals surface area contributed by atoms with Crippen LogP contribution in [-0.2, 0) is 11.2 Å². The third kappa shape index (κ3) is 3.50. The minimum absolute atomic E-state index is 0.301. The Morgan fingerprint density at radius 3 is 2.63 bits per heavy atom. The normalized spacial score (nSPS) is 16.4. The molecule has 0 amide bonds. The fraction of sp³-hybridized carbons (Fsp3) is 0.562. The Labute approximate surface area is 120 Å². The van der Waals surface area contributed by atoms with Crippen molar-refractivity contribution in [3.63, 3.8) is 0 Å². The van der Waals surface area contributed by atoms with Gasteiger partial charge in [0, 0.05) is 5.02 Å². The maximum absolute atomic E-state index is 11.8.